The molecule has 1 N–H and O–H groups in total. The van der Waals surface area contributed by atoms with Gasteiger partial charge in [-0.05, 0) is 30.4 Å². The maximum absolute atomic E-state index is 4.63. The topological polar surface area (TPSA) is 24.4 Å². The summed E-state index contributed by atoms with van der Waals surface area (Å²) in [5, 5.41) is 4.53. The fourth-order valence-corrected chi connectivity index (χ4v) is 2.78. The van der Waals surface area contributed by atoms with Crippen molar-refractivity contribution in [1.29, 1.82) is 0 Å². The van der Waals surface area contributed by atoms with Crippen molar-refractivity contribution in [2.75, 3.05) is 17.6 Å². The molecular weight excluding hydrogens is 228 g/mol. The van der Waals surface area contributed by atoms with Crippen molar-refractivity contribution in [3.8, 4) is 0 Å². The highest BCUT2D eigenvalue weighted by atomic mass is 32.2. The van der Waals surface area contributed by atoms with Crippen molar-refractivity contribution in [3.63, 3.8) is 0 Å². The van der Waals surface area contributed by atoms with E-state index in [1.54, 1.807) is 0 Å². The van der Waals surface area contributed by atoms with Crippen LogP contribution in [-0.2, 0) is 0 Å². The first kappa shape index (κ1) is 12.5. The lowest BCUT2D eigenvalue weighted by Gasteiger charge is -2.27. The summed E-state index contributed by atoms with van der Waals surface area (Å²) in [5.41, 5.74) is 4.09. The van der Waals surface area contributed by atoms with E-state index in [2.05, 4.69) is 56.2 Å². The third-order valence-corrected chi connectivity index (χ3v) is 4.39. The van der Waals surface area contributed by atoms with Crippen LogP contribution in [0.4, 0.5) is 5.69 Å². The average Bonchev–Trinajstić information content (AvgIpc) is 2.26. The SMILES string of the molecule is Cc1cccc(C)c1NC1=NCC(C)(C)CS1. The Hall–Kier alpha value is -0.960. The fraction of sp³-hybridized carbons (Fsp3) is 0.500. The molecular formula is C14H20N2S. The molecule has 1 aromatic carbocycles. The number of hydrogen-bond acceptors (Lipinski definition) is 3. The Morgan fingerprint density at radius 1 is 1.24 bits per heavy atom. The molecule has 2 rings (SSSR count). The fourth-order valence-electron chi connectivity index (χ4n) is 1.84. The van der Waals surface area contributed by atoms with Crippen LogP contribution in [0.3, 0.4) is 0 Å². The number of nitrogens with one attached hydrogen (secondary N) is 1. The molecule has 3 heteroatoms. The van der Waals surface area contributed by atoms with E-state index in [-0.39, 0.29) is 0 Å². The number of anilines is 1. The lowest BCUT2D eigenvalue weighted by atomic mass is 9.97. The highest BCUT2D eigenvalue weighted by Gasteiger charge is 2.23. The minimum atomic E-state index is 0.330. The number of nitrogens with zero attached hydrogens (tertiary/aromatic N) is 1. The van der Waals surface area contributed by atoms with Crippen LogP contribution < -0.4 is 5.32 Å². The van der Waals surface area contributed by atoms with Crippen LogP contribution in [0.2, 0.25) is 0 Å². The summed E-state index contributed by atoms with van der Waals surface area (Å²) in [5.74, 6) is 1.13. The molecule has 0 atom stereocenters. The minimum absolute atomic E-state index is 0.330. The quantitative estimate of drug-likeness (QED) is 0.816. The number of aryl methyl sites for hydroxylation is 2. The standard InChI is InChI=1S/C14H20N2S/c1-10-6-5-7-11(2)12(10)16-13-15-8-14(3,4)9-17-13/h5-7H,8-9H2,1-4H3,(H,15,16). The van der Waals surface area contributed by atoms with Gasteiger partial charge in [-0.15, -0.1) is 0 Å². The lowest BCUT2D eigenvalue weighted by molar-refractivity contribution is 0.438. The Morgan fingerprint density at radius 3 is 2.41 bits per heavy atom. The predicted octanol–water partition coefficient (Wildman–Crippen LogP) is 3.84. The van der Waals surface area contributed by atoms with Crippen LogP contribution in [0.5, 0.6) is 0 Å². The zero-order valence-electron chi connectivity index (χ0n) is 11.0. The second-order valence-electron chi connectivity index (χ2n) is 5.47. The zero-order valence-corrected chi connectivity index (χ0v) is 11.8. The molecule has 0 fully saturated rings. The van der Waals surface area contributed by atoms with E-state index >= 15 is 0 Å². The Morgan fingerprint density at radius 2 is 1.88 bits per heavy atom. The third-order valence-electron chi connectivity index (χ3n) is 2.96. The smallest absolute Gasteiger partial charge is 0.161 e. The summed E-state index contributed by atoms with van der Waals surface area (Å²) in [6.07, 6.45) is 0. The maximum Gasteiger partial charge on any atom is 0.161 e. The summed E-state index contributed by atoms with van der Waals surface area (Å²) >= 11 is 1.82. The van der Waals surface area contributed by atoms with Crippen molar-refractivity contribution < 1.29 is 0 Å². The molecule has 2 nitrogen and oxygen atoms in total. The Bertz CT molecular complexity index is 429. The second-order valence-corrected chi connectivity index (χ2v) is 6.43. The first-order chi connectivity index (χ1) is 7.98. The van der Waals surface area contributed by atoms with Gasteiger partial charge in [0.05, 0.1) is 0 Å². The van der Waals surface area contributed by atoms with Gasteiger partial charge in [0.15, 0.2) is 5.17 Å². The molecule has 0 aliphatic carbocycles. The number of benzene rings is 1. The first-order valence-corrected chi connectivity index (χ1v) is 6.97. The van der Waals surface area contributed by atoms with E-state index in [0.29, 0.717) is 5.41 Å². The Balaban J connectivity index is 2.15. The number of hydrogen-bond donors (Lipinski definition) is 1. The van der Waals surface area contributed by atoms with Gasteiger partial charge in [0.25, 0.3) is 0 Å². The highest BCUT2D eigenvalue weighted by molar-refractivity contribution is 8.14. The summed E-state index contributed by atoms with van der Waals surface area (Å²) < 4.78 is 0. The molecule has 0 bridgehead atoms. The van der Waals surface area contributed by atoms with Crippen molar-refractivity contribution in [3.05, 3.63) is 29.3 Å². The molecule has 0 saturated heterocycles. The molecule has 0 saturated carbocycles. The van der Waals surface area contributed by atoms with E-state index in [0.717, 1.165) is 17.5 Å². The van der Waals surface area contributed by atoms with Gasteiger partial charge < -0.3 is 5.32 Å². The van der Waals surface area contributed by atoms with Crippen LogP contribution in [0, 0.1) is 19.3 Å². The molecule has 1 aromatic rings. The van der Waals surface area contributed by atoms with Gasteiger partial charge in [0.1, 0.15) is 0 Å². The lowest BCUT2D eigenvalue weighted by Crippen LogP contribution is -2.27. The van der Waals surface area contributed by atoms with Crippen molar-refractivity contribution in [2.45, 2.75) is 27.7 Å². The molecule has 0 unspecified atom stereocenters. The largest absolute Gasteiger partial charge is 0.335 e. The first-order valence-electron chi connectivity index (χ1n) is 5.98. The van der Waals surface area contributed by atoms with Crippen molar-refractivity contribution in [2.24, 2.45) is 10.4 Å². The average molecular weight is 248 g/mol. The second kappa shape index (κ2) is 4.73. The van der Waals surface area contributed by atoms with Crippen LogP contribution in [0.15, 0.2) is 23.2 Å². The van der Waals surface area contributed by atoms with E-state index in [1.165, 1.54) is 16.8 Å². The molecule has 0 spiro atoms. The zero-order chi connectivity index (χ0) is 12.5. The van der Waals surface area contributed by atoms with Gasteiger partial charge in [0, 0.05) is 18.0 Å². The van der Waals surface area contributed by atoms with Crippen LogP contribution in [-0.4, -0.2) is 17.5 Å². The van der Waals surface area contributed by atoms with Gasteiger partial charge >= 0.3 is 0 Å². The molecule has 0 aromatic heterocycles. The van der Waals surface area contributed by atoms with Crippen LogP contribution in [0.25, 0.3) is 0 Å². The number of aliphatic imine (C=N–C) groups is 1. The van der Waals surface area contributed by atoms with E-state index < -0.39 is 0 Å². The van der Waals surface area contributed by atoms with Gasteiger partial charge in [-0.2, -0.15) is 0 Å². The van der Waals surface area contributed by atoms with Crippen LogP contribution in [0.1, 0.15) is 25.0 Å². The Kier molecular flexibility index (Phi) is 3.48. The van der Waals surface area contributed by atoms with Gasteiger partial charge in [-0.25, -0.2) is 0 Å². The molecule has 0 amide bonds. The van der Waals surface area contributed by atoms with Crippen molar-refractivity contribution >= 4 is 22.6 Å². The number of thioether (sulfide) groups is 1. The maximum atomic E-state index is 4.63. The molecule has 1 heterocycles. The molecule has 0 radical (unpaired) electrons. The number of amidine groups is 1. The number of rotatable bonds is 1. The Labute approximate surface area is 108 Å². The van der Waals surface area contributed by atoms with Crippen molar-refractivity contribution in [1.82, 2.24) is 0 Å². The third kappa shape index (κ3) is 3.03. The molecule has 1 aliphatic heterocycles. The van der Waals surface area contributed by atoms with Gasteiger partial charge in [-0.3, -0.25) is 4.99 Å². The molecule has 1 aliphatic rings. The van der Waals surface area contributed by atoms with Gasteiger partial charge in [0.2, 0.25) is 0 Å². The normalized spacial score (nSPS) is 18.7. The summed E-state index contributed by atoms with van der Waals surface area (Å²) in [4.78, 5) is 4.63. The number of para-hydroxylation sites is 1. The highest BCUT2D eigenvalue weighted by Crippen LogP contribution is 2.29. The van der Waals surface area contributed by atoms with Gasteiger partial charge in [-0.1, -0.05) is 43.8 Å². The summed E-state index contributed by atoms with van der Waals surface area (Å²) in [6, 6.07) is 6.36. The monoisotopic (exact) mass is 248 g/mol. The summed E-state index contributed by atoms with van der Waals surface area (Å²) in [7, 11) is 0. The molecule has 92 valence electrons. The van der Waals surface area contributed by atoms with E-state index in [9.17, 15) is 0 Å². The minimum Gasteiger partial charge on any atom is -0.335 e. The molecule has 17 heavy (non-hydrogen) atoms. The summed E-state index contributed by atoms with van der Waals surface area (Å²) in [6.45, 7) is 9.70. The van der Waals surface area contributed by atoms with E-state index in [4.69, 9.17) is 0 Å². The predicted molar refractivity (Wildman–Crippen MR) is 78.1 cm³/mol. The van der Waals surface area contributed by atoms with E-state index in [1.807, 2.05) is 11.8 Å². The van der Waals surface area contributed by atoms with Crippen LogP contribution >= 0.6 is 11.8 Å².